The minimum atomic E-state index is -0.211. The molecule has 0 heterocycles. The van der Waals surface area contributed by atoms with E-state index in [1.807, 2.05) is 39.8 Å². The predicted molar refractivity (Wildman–Crippen MR) is 97.5 cm³/mol. The molecule has 0 bridgehead atoms. The molecule has 2 aromatic carbocycles. The Labute approximate surface area is 143 Å². The van der Waals surface area contributed by atoms with Crippen LogP contribution in [0.1, 0.15) is 45.7 Å². The largest absolute Gasteiger partial charge is 0.352 e. The van der Waals surface area contributed by atoms with E-state index in [9.17, 15) is 9.59 Å². The third-order valence-electron chi connectivity index (χ3n) is 3.72. The Morgan fingerprint density at radius 3 is 2.33 bits per heavy atom. The van der Waals surface area contributed by atoms with E-state index in [1.165, 1.54) is 0 Å². The number of para-hydroxylation sites is 1. The average Bonchev–Trinajstić information content (AvgIpc) is 2.53. The quantitative estimate of drug-likeness (QED) is 0.875. The van der Waals surface area contributed by atoms with Crippen LogP contribution in [0, 0.1) is 19.8 Å². The first-order chi connectivity index (χ1) is 11.4. The van der Waals surface area contributed by atoms with Crippen molar-refractivity contribution in [3.05, 3.63) is 64.7 Å². The summed E-state index contributed by atoms with van der Waals surface area (Å²) in [7, 11) is 0. The molecule has 0 unspecified atom stereocenters. The Hall–Kier alpha value is -2.62. The lowest BCUT2D eigenvalue weighted by atomic mass is 10.0. The number of nitrogens with one attached hydrogen (secondary N) is 2. The van der Waals surface area contributed by atoms with Crippen molar-refractivity contribution >= 4 is 17.5 Å². The van der Waals surface area contributed by atoms with Crippen molar-refractivity contribution in [2.24, 2.45) is 5.92 Å². The van der Waals surface area contributed by atoms with E-state index in [2.05, 4.69) is 10.6 Å². The second kappa shape index (κ2) is 7.77. The van der Waals surface area contributed by atoms with Gasteiger partial charge in [-0.05, 0) is 43.5 Å². The molecule has 0 aliphatic rings. The molecule has 2 aromatic rings. The van der Waals surface area contributed by atoms with Gasteiger partial charge in [-0.2, -0.15) is 0 Å². The fraction of sp³-hybridized carbons (Fsp3) is 0.300. The van der Waals surface area contributed by atoms with Crippen molar-refractivity contribution < 1.29 is 9.59 Å². The van der Waals surface area contributed by atoms with Crippen LogP contribution in [0.2, 0.25) is 0 Å². The van der Waals surface area contributed by atoms with Gasteiger partial charge in [0.15, 0.2) is 0 Å². The fourth-order valence-corrected chi connectivity index (χ4v) is 2.44. The molecule has 0 saturated heterocycles. The zero-order valence-corrected chi connectivity index (χ0v) is 14.6. The minimum Gasteiger partial charge on any atom is -0.352 e. The second-order valence-electron chi connectivity index (χ2n) is 6.42. The lowest BCUT2D eigenvalue weighted by molar-refractivity contribution is 0.0950. The lowest BCUT2D eigenvalue weighted by Crippen LogP contribution is -2.28. The first-order valence-corrected chi connectivity index (χ1v) is 8.14. The van der Waals surface area contributed by atoms with E-state index in [0.717, 1.165) is 11.1 Å². The molecular formula is C20H24N2O2. The Balaban J connectivity index is 2.20. The van der Waals surface area contributed by atoms with Crippen molar-refractivity contribution in [3.8, 4) is 0 Å². The smallest absolute Gasteiger partial charge is 0.255 e. The van der Waals surface area contributed by atoms with Crippen molar-refractivity contribution in [1.29, 1.82) is 0 Å². The zero-order valence-electron chi connectivity index (χ0n) is 14.6. The Morgan fingerprint density at radius 2 is 1.67 bits per heavy atom. The van der Waals surface area contributed by atoms with Crippen LogP contribution in [0.25, 0.3) is 0 Å². The highest BCUT2D eigenvalue weighted by atomic mass is 16.2. The van der Waals surface area contributed by atoms with Crippen LogP contribution in [-0.2, 0) is 0 Å². The maximum atomic E-state index is 12.5. The monoisotopic (exact) mass is 324 g/mol. The van der Waals surface area contributed by atoms with Crippen LogP contribution in [0.5, 0.6) is 0 Å². The Bertz CT molecular complexity index is 751. The SMILES string of the molecule is Cc1ccc(C(=O)Nc2ccccc2C(=O)NCC(C)C)c(C)c1. The van der Waals surface area contributed by atoms with Gasteiger partial charge >= 0.3 is 0 Å². The van der Waals surface area contributed by atoms with E-state index in [-0.39, 0.29) is 11.8 Å². The molecule has 2 N–H and O–H groups in total. The number of amides is 2. The first-order valence-electron chi connectivity index (χ1n) is 8.14. The Kier molecular flexibility index (Phi) is 5.74. The van der Waals surface area contributed by atoms with Crippen molar-refractivity contribution in [3.63, 3.8) is 0 Å². The van der Waals surface area contributed by atoms with Crippen molar-refractivity contribution in [2.45, 2.75) is 27.7 Å². The van der Waals surface area contributed by atoms with Crippen LogP contribution in [0.3, 0.4) is 0 Å². The van der Waals surface area contributed by atoms with E-state index >= 15 is 0 Å². The van der Waals surface area contributed by atoms with Crippen LogP contribution in [-0.4, -0.2) is 18.4 Å². The van der Waals surface area contributed by atoms with Gasteiger partial charge in [0.2, 0.25) is 0 Å². The highest BCUT2D eigenvalue weighted by molar-refractivity contribution is 6.09. The summed E-state index contributed by atoms with van der Waals surface area (Å²) < 4.78 is 0. The van der Waals surface area contributed by atoms with Gasteiger partial charge in [0.05, 0.1) is 11.3 Å². The molecule has 0 radical (unpaired) electrons. The molecule has 0 atom stereocenters. The number of carbonyl (C=O) groups excluding carboxylic acids is 2. The van der Waals surface area contributed by atoms with Crippen LogP contribution in [0.4, 0.5) is 5.69 Å². The molecule has 2 rings (SSSR count). The molecule has 24 heavy (non-hydrogen) atoms. The fourth-order valence-electron chi connectivity index (χ4n) is 2.44. The van der Waals surface area contributed by atoms with E-state index in [4.69, 9.17) is 0 Å². The van der Waals surface area contributed by atoms with Crippen LogP contribution >= 0.6 is 0 Å². The molecule has 0 aliphatic heterocycles. The minimum absolute atomic E-state index is 0.180. The molecule has 0 saturated carbocycles. The molecule has 0 spiro atoms. The van der Waals surface area contributed by atoms with Gasteiger partial charge in [-0.3, -0.25) is 9.59 Å². The van der Waals surface area contributed by atoms with Crippen LogP contribution < -0.4 is 10.6 Å². The summed E-state index contributed by atoms with van der Waals surface area (Å²) in [5.74, 6) is -0.0252. The topological polar surface area (TPSA) is 58.2 Å². The summed E-state index contributed by atoms with van der Waals surface area (Å²) in [5.41, 5.74) is 3.62. The Morgan fingerprint density at radius 1 is 0.958 bits per heavy atom. The van der Waals surface area contributed by atoms with Gasteiger partial charge in [-0.1, -0.05) is 43.7 Å². The first kappa shape index (κ1) is 17.7. The normalized spacial score (nSPS) is 10.5. The number of anilines is 1. The standard InChI is InChI=1S/C20H24N2O2/c1-13(2)12-21-19(23)17-7-5-6-8-18(17)22-20(24)16-10-9-14(3)11-15(16)4/h5-11,13H,12H2,1-4H3,(H,21,23)(H,22,24). The molecule has 126 valence electrons. The van der Waals surface area contributed by atoms with Gasteiger partial charge in [-0.25, -0.2) is 0 Å². The number of carbonyl (C=O) groups is 2. The van der Waals surface area contributed by atoms with E-state index in [0.29, 0.717) is 29.3 Å². The van der Waals surface area contributed by atoms with Crippen molar-refractivity contribution in [1.82, 2.24) is 5.32 Å². The third-order valence-corrected chi connectivity index (χ3v) is 3.72. The summed E-state index contributed by atoms with van der Waals surface area (Å²) in [6, 6.07) is 12.7. The molecule has 2 amide bonds. The van der Waals surface area contributed by atoms with Gasteiger partial charge in [-0.15, -0.1) is 0 Å². The highest BCUT2D eigenvalue weighted by Gasteiger charge is 2.15. The summed E-state index contributed by atoms with van der Waals surface area (Å²) in [4.78, 5) is 24.9. The predicted octanol–water partition coefficient (Wildman–Crippen LogP) is 3.94. The van der Waals surface area contributed by atoms with Gasteiger partial charge in [0.25, 0.3) is 11.8 Å². The molecule has 4 nitrogen and oxygen atoms in total. The number of aryl methyl sites for hydroxylation is 2. The van der Waals surface area contributed by atoms with Gasteiger partial charge in [0.1, 0.15) is 0 Å². The van der Waals surface area contributed by atoms with E-state index < -0.39 is 0 Å². The maximum absolute atomic E-state index is 12.5. The van der Waals surface area contributed by atoms with Gasteiger partial charge < -0.3 is 10.6 Å². The summed E-state index contributed by atoms with van der Waals surface area (Å²) >= 11 is 0. The summed E-state index contributed by atoms with van der Waals surface area (Å²) in [6.45, 7) is 8.56. The highest BCUT2D eigenvalue weighted by Crippen LogP contribution is 2.18. The van der Waals surface area contributed by atoms with Crippen molar-refractivity contribution in [2.75, 3.05) is 11.9 Å². The van der Waals surface area contributed by atoms with Gasteiger partial charge in [0, 0.05) is 12.1 Å². The van der Waals surface area contributed by atoms with Crippen LogP contribution in [0.15, 0.2) is 42.5 Å². The third kappa shape index (κ3) is 4.44. The zero-order chi connectivity index (χ0) is 17.7. The maximum Gasteiger partial charge on any atom is 0.255 e. The molecule has 0 aromatic heterocycles. The second-order valence-corrected chi connectivity index (χ2v) is 6.42. The number of hydrogen-bond acceptors (Lipinski definition) is 2. The van der Waals surface area contributed by atoms with E-state index in [1.54, 1.807) is 30.3 Å². The lowest BCUT2D eigenvalue weighted by Gasteiger charge is -2.13. The number of benzene rings is 2. The number of hydrogen-bond donors (Lipinski definition) is 2. The molecular weight excluding hydrogens is 300 g/mol. The number of rotatable bonds is 5. The average molecular weight is 324 g/mol. The molecule has 4 heteroatoms. The molecule has 0 fully saturated rings. The summed E-state index contributed by atoms with van der Waals surface area (Å²) in [5, 5.41) is 5.74. The summed E-state index contributed by atoms with van der Waals surface area (Å²) in [6.07, 6.45) is 0. The molecule has 0 aliphatic carbocycles.